The first-order chi connectivity index (χ1) is 15.6. The number of halogens is 1. The van der Waals surface area contributed by atoms with Crippen LogP contribution >= 0.6 is 11.6 Å². The van der Waals surface area contributed by atoms with Gasteiger partial charge in [-0.1, -0.05) is 55.5 Å². The first-order valence-electron chi connectivity index (χ1n) is 10.4. The summed E-state index contributed by atoms with van der Waals surface area (Å²) in [7, 11) is -1.94. The van der Waals surface area contributed by atoms with Gasteiger partial charge >= 0.3 is 0 Å². The van der Waals surface area contributed by atoms with E-state index in [1.807, 2.05) is 30.3 Å². The van der Waals surface area contributed by atoms with Crippen molar-refractivity contribution in [1.29, 1.82) is 0 Å². The van der Waals surface area contributed by atoms with Crippen molar-refractivity contribution in [2.45, 2.75) is 26.3 Å². The number of benzene rings is 2. The highest BCUT2D eigenvalue weighted by atomic mass is 35.5. The fourth-order valence-electron chi connectivity index (χ4n) is 2.96. The van der Waals surface area contributed by atoms with Crippen LogP contribution in [-0.4, -0.2) is 46.9 Å². The Labute approximate surface area is 200 Å². The summed E-state index contributed by atoms with van der Waals surface area (Å²) in [6.07, 6.45) is 1.58. The molecule has 0 aromatic heterocycles. The average Bonchev–Trinajstić information content (AvgIpc) is 2.75. The van der Waals surface area contributed by atoms with Crippen LogP contribution in [0.25, 0.3) is 0 Å². The van der Waals surface area contributed by atoms with Crippen LogP contribution in [0.3, 0.4) is 0 Å². The summed E-state index contributed by atoms with van der Waals surface area (Å²) >= 11 is 6.09. The standard InChI is InChI=1S/C24H29ClN2O5S/c1-17(2)23(27-33(4,29)30)24(28)26-14-13-18-11-12-21(22(16-18)31-3)32-15-7-9-19-8-5-6-10-20(19)25/h5-6,8,10-12,16-17,23,27H,13-15H2,1-4H3,(H,26,28). The summed E-state index contributed by atoms with van der Waals surface area (Å²) in [5.41, 5.74) is 1.66. The van der Waals surface area contributed by atoms with E-state index in [9.17, 15) is 13.2 Å². The van der Waals surface area contributed by atoms with Crippen LogP contribution in [-0.2, 0) is 21.2 Å². The van der Waals surface area contributed by atoms with E-state index in [1.54, 1.807) is 33.1 Å². The Hall–Kier alpha value is -2.73. The average molecular weight is 493 g/mol. The second kappa shape index (κ2) is 12.5. The highest BCUT2D eigenvalue weighted by Gasteiger charge is 2.24. The summed E-state index contributed by atoms with van der Waals surface area (Å²) in [6.45, 7) is 4.08. The van der Waals surface area contributed by atoms with Crippen LogP contribution < -0.4 is 19.5 Å². The Balaban J connectivity index is 1.92. The van der Waals surface area contributed by atoms with Crippen molar-refractivity contribution < 1.29 is 22.7 Å². The number of ether oxygens (including phenoxy) is 2. The van der Waals surface area contributed by atoms with E-state index in [0.29, 0.717) is 29.5 Å². The monoisotopic (exact) mass is 492 g/mol. The minimum absolute atomic E-state index is 0.168. The van der Waals surface area contributed by atoms with E-state index < -0.39 is 16.1 Å². The van der Waals surface area contributed by atoms with E-state index in [-0.39, 0.29) is 18.4 Å². The van der Waals surface area contributed by atoms with E-state index in [2.05, 4.69) is 21.9 Å². The first-order valence-corrected chi connectivity index (χ1v) is 12.7. The van der Waals surface area contributed by atoms with Gasteiger partial charge in [-0.15, -0.1) is 0 Å². The molecule has 2 aromatic carbocycles. The summed E-state index contributed by atoms with van der Waals surface area (Å²) < 4.78 is 36.5. The van der Waals surface area contributed by atoms with Crippen LogP contribution in [0, 0.1) is 17.8 Å². The van der Waals surface area contributed by atoms with Gasteiger partial charge in [-0.05, 0) is 42.2 Å². The van der Waals surface area contributed by atoms with Gasteiger partial charge in [0.05, 0.1) is 18.4 Å². The van der Waals surface area contributed by atoms with Crippen molar-refractivity contribution in [2.75, 3.05) is 26.5 Å². The third-order valence-electron chi connectivity index (χ3n) is 4.63. The van der Waals surface area contributed by atoms with Gasteiger partial charge in [-0.25, -0.2) is 13.1 Å². The molecule has 7 nitrogen and oxygen atoms in total. The topological polar surface area (TPSA) is 93.7 Å². The molecule has 2 aromatic rings. The third-order valence-corrected chi connectivity index (χ3v) is 5.64. The van der Waals surface area contributed by atoms with Crippen LogP contribution in [0.2, 0.25) is 5.02 Å². The van der Waals surface area contributed by atoms with Gasteiger partial charge in [0, 0.05) is 12.1 Å². The maximum Gasteiger partial charge on any atom is 0.238 e. The molecule has 33 heavy (non-hydrogen) atoms. The molecule has 0 bridgehead atoms. The lowest BCUT2D eigenvalue weighted by atomic mass is 10.0. The van der Waals surface area contributed by atoms with Gasteiger partial charge in [-0.2, -0.15) is 0 Å². The minimum Gasteiger partial charge on any atom is -0.493 e. The molecule has 0 saturated heterocycles. The minimum atomic E-state index is -3.49. The van der Waals surface area contributed by atoms with Crippen molar-refractivity contribution in [2.24, 2.45) is 5.92 Å². The molecule has 0 aliphatic carbocycles. The normalized spacial score (nSPS) is 11.9. The fraction of sp³-hybridized carbons (Fsp3) is 0.375. The van der Waals surface area contributed by atoms with Crippen molar-refractivity contribution in [3.8, 4) is 23.3 Å². The van der Waals surface area contributed by atoms with E-state index in [1.165, 1.54) is 0 Å². The number of amides is 1. The first kappa shape index (κ1) is 26.5. The Kier molecular flexibility index (Phi) is 10.0. The Bertz CT molecular complexity index is 1120. The zero-order valence-corrected chi connectivity index (χ0v) is 20.7. The lowest BCUT2D eigenvalue weighted by molar-refractivity contribution is -0.123. The van der Waals surface area contributed by atoms with Crippen molar-refractivity contribution in [3.63, 3.8) is 0 Å². The van der Waals surface area contributed by atoms with Gasteiger partial charge in [0.1, 0.15) is 12.6 Å². The molecular formula is C24H29ClN2O5S. The molecule has 0 fully saturated rings. The van der Waals surface area contributed by atoms with E-state index in [0.717, 1.165) is 17.4 Å². The maximum absolute atomic E-state index is 12.4. The van der Waals surface area contributed by atoms with Crippen LogP contribution in [0.15, 0.2) is 42.5 Å². The van der Waals surface area contributed by atoms with Gasteiger partial charge in [0.15, 0.2) is 11.5 Å². The zero-order valence-electron chi connectivity index (χ0n) is 19.1. The predicted octanol–water partition coefficient (Wildman–Crippen LogP) is 3.01. The lowest BCUT2D eigenvalue weighted by Crippen LogP contribution is -2.49. The molecule has 1 atom stereocenters. The molecule has 0 aliphatic heterocycles. The van der Waals surface area contributed by atoms with Crippen molar-refractivity contribution in [3.05, 3.63) is 58.6 Å². The molecule has 0 saturated carbocycles. The van der Waals surface area contributed by atoms with Crippen LogP contribution in [0.1, 0.15) is 25.0 Å². The van der Waals surface area contributed by atoms with Crippen LogP contribution in [0.4, 0.5) is 0 Å². The number of carbonyl (C=O) groups excluding carboxylic acids is 1. The Morgan fingerprint density at radius 3 is 2.52 bits per heavy atom. The zero-order chi connectivity index (χ0) is 24.4. The lowest BCUT2D eigenvalue weighted by Gasteiger charge is -2.20. The molecule has 178 valence electrons. The molecule has 1 unspecified atom stereocenters. The number of carbonyl (C=O) groups is 1. The number of nitrogens with one attached hydrogen (secondary N) is 2. The number of hydrogen-bond donors (Lipinski definition) is 2. The van der Waals surface area contributed by atoms with Gasteiger partial charge < -0.3 is 14.8 Å². The largest absolute Gasteiger partial charge is 0.493 e. The number of sulfonamides is 1. The second-order valence-corrected chi connectivity index (χ2v) is 9.90. The molecule has 1 amide bonds. The Morgan fingerprint density at radius 2 is 1.88 bits per heavy atom. The number of rotatable bonds is 10. The molecule has 0 radical (unpaired) electrons. The van der Waals surface area contributed by atoms with Crippen LogP contribution in [0.5, 0.6) is 11.5 Å². The van der Waals surface area contributed by atoms with Crippen molar-refractivity contribution in [1.82, 2.24) is 10.0 Å². The molecule has 2 rings (SSSR count). The molecule has 0 heterocycles. The van der Waals surface area contributed by atoms with Crippen molar-refractivity contribution >= 4 is 27.5 Å². The van der Waals surface area contributed by atoms with E-state index in [4.69, 9.17) is 21.1 Å². The summed E-state index contributed by atoms with van der Waals surface area (Å²) in [5.74, 6) is 6.46. The SMILES string of the molecule is COc1cc(CCNC(=O)C(NS(C)(=O)=O)C(C)C)ccc1OCC#Cc1ccccc1Cl. The summed E-state index contributed by atoms with van der Waals surface area (Å²) in [4.78, 5) is 12.4. The molecular weight excluding hydrogens is 464 g/mol. The smallest absolute Gasteiger partial charge is 0.238 e. The summed E-state index contributed by atoms with van der Waals surface area (Å²) in [6, 6.07) is 12.0. The highest BCUT2D eigenvalue weighted by Crippen LogP contribution is 2.28. The van der Waals surface area contributed by atoms with Gasteiger partial charge in [-0.3, -0.25) is 4.79 Å². The fourth-order valence-corrected chi connectivity index (χ4v) is 3.98. The van der Waals surface area contributed by atoms with E-state index >= 15 is 0 Å². The predicted molar refractivity (Wildman–Crippen MR) is 130 cm³/mol. The second-order valence-electron chi connectivity index (χ2n) is 7.71. The molecule has 9 heteroatoms. The Morgan fingerprint density at radius 1 is 1.15 bits per heavy atom. The summed E-state index contributed by atoms with van der Waals surface area (Å²) in [5, 5.41) is 3.37. The van der Waals surface area contributed by atoms with Gasteiger partial charge in [0.25, 0.3) is 0 Å². The van der Waals surface area contributed by atoms with Gasteiger partial charge in [0.2, 0.25) is 15.9 Å². The number of hydrogen-bond acceptors (Lipinski definition) is 5. The number of methoxy groups -OCH3 is 1. The molecule has 0 spiro atoms. The highest BCUT2D eigenvalue weighted by molar-refractivity contribution is 7.88. The third kappa shape index (κ3) is 8.97. The maximum atomic E-state index is 12.4. The molecule has 2 N–H and O–H groups in total. The quantitative estimate of drug-likeness (QED) is 0.497. The molecule has 0 aliphatic rings.